The van der Waals surface area contributed by atoms with Gasteiger partial charge in [-0.25, -0.2) is 0 Å². The molecule has 0 unspecified atom stereocenters. The minimum Gasteiger partial charge on any atom is -0.481 e. The predicted molar refractivity (Wildman–Crippen MR) is 82.2 cm³/mol. The third-order valence-corrected chi connectivity index (χ3v) is 3.08. The lowest BCUT2D eigenvalue weighted by Gasteiger charge is -2.05. The van der Waals surface area contributed by atoms with E-state index in [0.717, 1.165) is 5.56 Å². The van der Waals surface area contributed by atoms with E-state index in [1.165, 1.54) is 6.07 Å². The number of fused-ring (bicyclic) bond motifs is 1. The zero-order valence-corrected chi connectivity index (χ0v) is 11.2. The molecule has 21 heavy (non-hydrogen) atoms. The molecule has 0 saturated heterocycles. The third-order valence-electron chi connectivity index (χ3n) is 3.08. The van der Waals surface area contributed by atoms with Gasteiger partial charge in [0.25, 0.3) is 0 Å². The van der Waals surface area contributed by atoms with Gasteiger partial charge in [0.15, 0.2) is 5.43 Å². The molecule has 0 radical (unpaired) electrons. The summed E-state index contributed by atoms with van der Waals surface area (Å²) >= 11 is 0. The highest BCUT2D eigenvalue weighted by molar-refractivity contribution is 5.80. The molecule has 0 aliphatic carbocycles. The smallest absolute Gasteiger partial charge is 0.193 e. The van der Waals surface area contributed by atoms with Crippen LogP contribution in [0.3, 0.4) is 0 Å². The first-order chi connectivity index (χ1) is 10.3. The number of ether oxygens (including phenoxy) is 1. The molecule has 3 nitrogen and oxygen atoms in total. The highest BCUT2D eigenvalue weighted by Crippen LogP contribution is 2.24. The summed E-state index contributed by atoms with van der Waals surface area (Å²) in [7, 11) is 0. The van der Waals surface area contributed by atoms with Crippen molar-refractivity contribution in [1.82, 2.24) is 0 Å². The Balaban J connectivity index is 2.13. The van der Waals surface area contributed by atoms with Crippen molar-refractivity contribution in [3.63, 3.8) is 0 Å². The van der Waals surface area contributed by atoms with Gasteiger partial charge >= 0.3 is 0 Å². The lowest BCUT2D eigenvalue weighted by molar-refractivity contribution is 0.370. The van der Waals surface area contributed by atoms with Gasteiger partial charge in [-0.2, -0.15) is 0 Å². The summed E-state index contributed by atoms with van der Waals surface area (Å²) in [5.74, 6) is 3.51. The van der Waals surface area contributed by atoms with E-state index in [1.54, 1.807) is 18.2 Å². The maximum Gasteiger partial charge on any atom is 0.193 e. The Morgan fingerprint density at radius 1 is 1.10 bits per heavy atom. The van der Waals surface area contributed by atoms with Crippen molar-refractivity contribution < 1.29 is 9.15 Å². The fourth-order valence-corrected chi connectivity index (χ4v) is 2.09. The molecule has 3 rings (SSSR count). The molecule has 0 atom stereocenters. The average Bonchev–Trinajstić information content (AvgIpc) is 2.53. The van der Waals surface area contributed by atoms with E-state index >= 15 is 0 Å². The maximum absolute atomic E-state index is 12.2. The quantitative estimate of drug-likeness (QED) is 0.688. The molecule has 0 saturated carbocycles. The van der Waals surface area contributed by atoms with Crippen LogP contribution in [0.15, 0.2) is 63.8 Å². The summed E-state index contributed by atoms with van der Waals surface area (Å²) in [6, 6.07) is 16.1. The van der Waals surface area contributed by atoms with Gasteiger partial charge < -0.3 is 9.15 Å². The summed E-state index contributed by atoms with van der Waals surface area (Å²) in [5, 5.41) is 0.516. The van der Waals surface area contributed by atoms with Crippen LogP contribution in [0, 0.1) is 12.3 Å². The van der Waals surface area contributed by atoms with Crippen LogP contribution in [-0.4, -0.2) is 6.61 Å². The lowest BCUT2D eigenvalue weighted by atomic mass is 10.1. The van der Waals surface area contributed by atoms with Crippen LogP contribution in [0.25, 0.3) is 22.3 Å². The molecule has 1 heterocycles. The lowest BCUT2D eigenvalue weighted by Crippen LogP contribution is -2.01. The first kappa shape index (κ1) is 13.0. The molecule has 0 bridgehead atoms. The van der Waals surface area contributed by atoms with Crippen molar-refractivity contribution in [1.29, 1.82) is 0 Å². The topological polar surface area (TPSA) is 39.4 Å². The second-order valence-corrected chi connectivity index (χ2v) is 4.49. The van der Waals surface area contributed by atoms with Gasteiger partial charge in [0, 0.05) is 17.7 Å². The Morgan fingerprint density at radius 2 is 1.90 bits per heavy atom. The molecule has 3 heteroatoms. The number of hydrogen-bond acceptors (Lipinski definition) is 3. The molecular weight excluding hydrogens is 264 g/mol. The van der Waals surface area contributed by atoms with E-state index in [4.69, 9.17) is 15.6 Å². The number of hydrogen-bond donors (Lipinski definition) is 0. The van der Waals surface area contributed by atoms with Crippen molar-refractivity contribution in [3.8, 4) is 29.4 Å². The molecule has 0 N–H and O–H groups in total. The van der Waals surface area contributed by atoms with Crippen molar-refractivity contribution in [2.75, 3.05) is 6.61 Å². The van der Waals surface area contributed by atoms with E-state index in [2.05, 4.69) is 5.92 Å². The molecular formula is C18H12O3. The molecule has 0 amide bonds. The van der Waals surface area contributed by atoms with Crippen LogP contribution in [0.2, 0.25) is 0 Å². The average molecular weight is 276 g/mol. The maximum atomic E-state index is 12.2. The highest BCUT2D eigenvalue weighted by atomic mass is 16.5. The largest absolute Gasteiger partial charge is 0.481 e. The molecule has 0 spiro atoms. The van der Waals surface area contributed by atoms with Gasteiger partial charge in [-0.15, -0.1) is 6.42 Å². The van der Waals surface area contributed by atoms with E-state index in [-0.39, 0.29) is 12.0 Å². The Kier molecular flexibility index (Phi) is 3.44. The third kappa shape index (κ3) is 2.65. The summed E-state index contributed by atoms with van der Waals surface area (Å²) in [6.45, 7) is 0.175. The van der Waals surface area contributed by atoms with Crippen LogP contribution in [-0.2, 0) is 0 Å². The molecule has 102 valence electrons. The van der Waals surface area contributed by atoms with Gasteiger partial charge in [-0.3, -0.25) is 4.79 Å². The van der Waals surface area contributed by atoms with Gasteiger partial charge in [0.1, 0.15) is 23.7 Å². The predicted octanol–water partition coefficient (Wildman–Crippen LogP) is 3.47. The zero-order chi connectivity index (χ0) is 14.7. The SMILES string of the molecule is C#CCOc1ccc2c(=O)cc(-c3ccccc3)oc2c1. The highest BCUT2D eigenvalue weighted by Gasteiger charge is 2.07. The first-order valence-electron chi connectivity index (χ1n) is 6.47. The summed E-state index contributed by atoms with van der Waals surface area (Å²) in [4.78, 5) is 12.2. The van der Waals surface area contributed by atoms with Crippen LogP contribution in [0.5, 0.6) is 5.75 Å². The second-order valence-electron chi connectivity index (χ2n) is 4.49. The monoisotopic (exact) mass is 276 g/mol. The number of rotatable bonds is 3. The number of terminal acetylenes is 1. The summed E-state index contributed by atoms with van der Waals surface area (Å²) < 4.78 is 11.2. The standard InChI is InChI=1S/C18H12O3/c1-2-10-20-14-8-9-15-16(19)12-17(21-18(15)11-14)13-6-4-3-5-7-13/h1,3-9,11-12H,10H2. The molecule has 3 aromatic rings. The van der Waals surface area contributed by atoms with Gasteiger partial charge in [-0.05, 0) is 12.1 Å². The van der Waals surface area contributed by atoms with E-state index in [1.807, 2.05) is 30.3 Å². The summed E-state index contributed by atoms with van der Waals surface area (Å²) in [5.41, 5.74) is 1.25. The van der Waals surface area contributed by atoms with Gasteiger partial charge in [0.05, 0.1) is 5.39 Å². The Labute approximate surface area is 121 Å². The van der Waals surface area contributed by atoms with E-state index in [9.17, 15) is 4.79 Å². The van der Waals surface area contributed by atoms with Crippen molar-refractivity contribution >= 4 is 11.0 Å². The van der Waals surface area contributed by atoms with Crippen LogP contribution < -0.4 is 10.2 Å². The normalized spacial score (nSPS) is 10.2. The zero-order valence-electron chi connectivity index (χ0n) is 11.2. The van der Waals surface area contributed by atoms with Gasteiger partial charge in [0.2, 0.25) is 0 Å². The molecule has 1 aromatic heterocycles. The van der Waals surface area contributed by atoms with Crippen molar-refractivity contribution in [2.45, 2.75) is 0 Å². The minimum atomic E-state index is -0.0846. The molecule has 0 fully saturated rings. The summed E-state index contributed by atoms with van der Waals surface area (Å²) in [6.07, 6.45) is 5.16. The van der Waals surface area contributed by atoms with Crippen LogP contribution >= 0.6 is 0 Å². The van der Waals surface area contributed by atoms with Gasteiger partial charge in [-0.1, -0.05) is 36.3 Å². The van der Waals surface area contributed by atoms with Crippen molar-refractivity contribution in [3.05, 3.63) is 64.8 Å². The van der Waals surface area contributed by atoms with Crippen molar-refractivity contribution in [2.24, 2.45) is 0 Å². The van der Waals surface area contributed by atoms with E-state index in [0.29, 0.717) is 22.5 Å². The van der Waals surface area contributed by atoms with E-state index < -0.39 is 0 Å². The number of benzene rings is 2. The van der Waals surface area contributed by atoms with Crippen LogP contribution in [0.4, 0.5) is 0 Å². The fraction of sp³-hybridized carbons (Fsp3) is 0.0556. The second kappa shape index (κ2) is 5.56. The Hall–Kier alpha value is -2.99. The molecule has 2 aromatic carbocycles. The molecule has 0 aliphatic heterocycles. The van der Waals surface area contributed by atoms with Crippen LogP contribution in [0.1, 0.15) is 0 Å². The first-order valence-corrected chi connectivity index (χ1v) is 6.47. The fourth-order valence-electron chi connectivity index (χ4n) is 2.09. The Morgan fingerprint density at radius 3 is 2.67 bits per heavy atom. The minimum absolute atomic E-state index is 0.0846. The molecule has 0 aliphatic rings. The Bertz CT molecular complexity index is 870.